The van der Waals surface area contributed by atoms with E-state index in [9.17, 15) is 4.79 Å². The van der Waals surface area contributed by atoms with Crippen molar-refractivity contribution in [2.24, 2.45) is 0 Å². The Labute approximate surface area is 198 Å². The lowest BCUT2D eigenvalue weighted by Gasteiger charge is -2.34. The second-order valence-electron chi connectivity index (χ2n) is 8.18. The summed E-state index contributed by atoms with van der Waals surface area (Å²) in [5, 5.41) is 7.24. The fourth-order valence-electron chi connectivity index (χ4n) is 3.88. The van der Waals surface area contributed by atoms with E-state index in [0.717, 1.165) is 66.7 Å². The molecular formula is C24H29ClN4O2S. The number of ether oxygens (including phenoxy) is 1. The number of amides is 1. The minimum atomic E-state index is 0.110. The minimum absolute atomic E-state index is 0.110. The van der Waals surface area contributed by atoms with Crippen molar-refractivity contribution in [2.75, 3.05) is 26.2 Å². The Morgan fingerprint density at radius 3 is 2.66 bits per heavy atom. The molecule has 1 aliphatic rings. The van der Waals surface area contributed by atoms with Gasteiger partial charge in [0.25, 0.3) is 5.91 Å². The number of carbonyl (C=O) groups is 1. The maximum Gasteiger partial charge on any atom is 0.264 e. The van der Waals surface area contributed by atoms with Crippen LogP contribution >= 0.6 is 22.9 Å². The van der Waals surface area contributed by atoms with Crippen LogP contribution in [-0.2, 0) is 19.7 Å². The van der Waals surface area contributed by atoms with Crippen LogP contribution in [-0.4, -0.2) is 51.7 Å². The zero-order valence-electron chi connectivity index (χ0n) is 18.8. The molecule has 0 N–H and O–H groups in total. The van der Waals surface area contributed by atoms with E-state index < -0.39 is 0 Å². The Kier molecular flexibility index (Phi) is 7.18. The molecule has 1 aromatic carbocycles. The molecule has 8 heteroatoms. The lowest BCUT2D eigenvalue weighted by atomic mass is 10.2. The van der Waals surface area contributed by atoms with Gasteiger partial charge < -0.3 is 9.64 Å². The normalized spacial score (nSPS) is 14.7. The summed E-state index contributed by atoms with van der Waals surface area (Å²) in [6.07, 6.45) is 2.13. The number of benzene rings is 1. The highest BCUT2D eigenvalue weighted by atomic mass is 35.5. The highest BCUT2D eigenvalue weighted by Gasteiger charge is 2.24. The van der Waals surface area contributed by atoms with Gasteiger partial charge >= 0.3 is 0 Å². The Hall–Kier alpha value is -2.35. The van der Waals surface area contributed by atoms with Crippen LogP contribution in [0.15, 0.2) is 35.8 Å². The zero-order valence-corrected chi connectivity index (χ0v) is 20.4. The first-order valence-corrected chi connectivity index (χ1v) is 12.2. The number of aryl methyl sites for hydroxylation is 3. The molecule has 3 aromatic rings. The molecule has 0 atom stereocenters. The summed E-state index contributed by atoms with van der Waals surface area (Å²) < 4.78 is 7.90. The minimum Gasteiger partial charge on any atom is -0.489 e. The molecule has 1 amide bonds. The van der Waals surface area contributed by atoms with Crippen LogP contribution in [0, 0.1) is 13.8 Å². The van der Waals surface area contributed by atoms with Gasteiger partial charge in [-0.25, -0.2) is 0 Å². The van der Waals surface area contributed by atoms with Crippen molar-refractivity contribution in [1.82, 2.24) is 19.6 Å². The van der Waals surface area contributed by atoms with Gasteiger partial charge in [0.05, 0.1) is 10.6 Å². The predicted molar refractivity (Wildman–Crippen MR) is 129 cm³/mol. The van der Waals surface area contributed by atoms with E-state index in [1.165, 1.54) is 16.9 Å². The SMILES string of the molecule is CCn1cc(CN2CCN(C(=O)c3cc(COc4ccc(Cl)cc4C)cs3)CC2)c(C)n1. The van der Waals surface area contributed by atoms with Crippen molar-refractivity contribution < 1.29 is 9.53 Å². The summed E-state index contributed by atoms with van der Waals surface area (Å²) in [6, 6.07) is 7.54. The molecule has 0 bridgehead atoms. The standard InChI is InChI=1S/C24H29ClN4O2S/c1-4-29-14-20(18(3)26-29)13-27-7-9-28(10-8-27)24(30)23-12-19(16-32-23)15-31-22-6-5-21(25)11-17(22)2/h5-6,11-12,14,16H,4,7-10,13,15H2,1-3H3. The average Bonchev–Trinajstić information content (AvgIpc) is 3.40. The van der Waals surface area contributed by atoms with Crippen molar-refractivity contribution in [3.8, 4) is 5.75 Å². The molecule has 4 rings (SSSR count). The van der Waals surface area contributed by atoms with Crippen molar-refractivity contribution in [3.63, 3.8) is 0 Å². The van der Waals surface area contributed by atoms with Crippen molar-refractivity contribution in [3.05, 3.63) is 68.1 Å². The van der Waals surface area contributed by atoms with Gasteiger partial charge in [-0.3, -0.25) is 14.4 Å². The van der Waals surface area contributed by atoms with E-state index in [4.69, 9.17) is 16.3 Å². The molecule has 0 spiro atoms. The van der Waals surface area contributed by atoms with Crippen LogP contribution in [0.5, 0.6) is 5.75 Å². The van der Waals surface area contributed by atoms with Crippen LogP contribution < -0.4 is 4.74 Å². The van der Waals surface area contributed by atoms with Gasteiger partial charge in [0.1, 0.15) is 12.4 Å². The highest BCUT2D eigenvalue weighted by molar-refractivity contribution is 7.12. The summed E-state index contributed by atoms with van der Waals surface area (Å²) in [5.41, 5.74) is 4.37. The second-order valence-corrected chi connectivity index (χ2v) is 9.53. The van der Waals surface area contributed by atoms with E-state index in [0.29, 0.717) is 11.6 Å². The number of aromatic nitrogens is 2. The van der Waals surface area contributed by atoms with E-state index in [1.54, 1.807) is 0 Å². The first-order valence-electron chi connectivity index (χ1n) is 10.9. The molecule has 0 unspecified atom stereocenters. The zero-order chi connectivity index (χ0) is 22.7. The van der Waals surface area contributed by atoms with Gasteiger partial charge in [-0.15, -0.1) is 11.3 Å². The summed E-state index contributed by atoms with van der Waals surface area (Å²) >= 11 is 7.49. The highest BCUT2D eigenvalue weighted by Crippen LogP contribution is 2.24. The van der Waals surface area contributed by atoms with Crippen LogP contribution in [0.2, 0.25) is 5.02 Å². The topological polar surface area (TPSA) is 50.6 Å². The van der Waals surface area contributed by atoms with Gasteiger partial charge in [-0.05, 0) is 56.0 Å². The number of halogens is 1. The Morgan fingerprint density at radius 1 is 1.19 bits per heavy atom. The van der Waals surface area contributed by atoms with Crippen molar-refractivity contribution in [2.45, 2.75) is 40.5 Å². The molecule has 1 saturated heterocycles. The lowest BCUT2D eigenvalue weighted by Crippen LogP contribution is -2.48. The number of hydrogen-bond acceptors (Lipinski definition) is 5. The molecule has 0 aliphatic carbocycles. The van der Waals surface area contributed by atoms with Crippen molar-refractivity contribution in [1.29, 1.82) is 0 Å². The average molecular weight is 473 g/mol. The smallest absolute Gasteiger partial charge is 0.264 e. The molecule has 0 saturated carbocycles. The largest absolute Gasteiger partial charge is 0.489 e. The van der Waals surface area contributed by atoms with Crippen LogP contribution in [0.25, 0.3) is 0 Å². The summed E-state index contributed by atoms with van der Waals surface area (Å²) in [4.78, 5) is 18.1. The van der Waals surface area contributed by atoms with E-state index in [2.05, 4.69) is 30.0 Å². The number of nitrogens with zero attached hydrogens (tertiary/aromatic N) is 4. The van der Waals surface area contributed by atoms with E-state index in [1.807, 2.05) is 46.2 Å². The van der Waals surface area contributed by atoms with Crippen LogP contribution in [0.1, 0.15) is 39.0 Å². The Balaban J connectivity index is 1.29. The van der Waals surface area contributed by atoms with Gasteiger partial charge in [0.2, 0.25) is 0 Å². The van der Waals surface area contributed by atoms with Gasteiger partial charge in [0, 0.05) is 61.6 Å². The summed E-state index contributed by atoms with van der Waals surface area (Å²) in [5.74, 6) is 0.919. The molecule has 170 valence electrons. The number of carbonyl (C=O) groups excluding carboxylic acids is 1. The van der Waals surface area contributed by atoms with Crippen LogP contribution in [0.3, 0.4) is 0 Å². The van der Waals surface area contributed by atoms with Gasteiger partial charge in [0.15, 0.2) is 0 Å². The molecule has 32 heavy (non-hydrogen) atoms. The van der Waals surface area contributed by atoms with Gasteiger partial charge in [-0.1, -0.05) is 11.6 Å². The second kappa shape index (κ2) is 10.1. The molecular weight excluding hydrogens is 444 g/mol. The third-order valence-corrected chi connectivity index (χ3v) is 7.02. The first kappa shape index (κ1) is 22.8. The predicted octanol–water partition coefficient (Wildman–Crippen LogP) is 4.77. The number of thiophene rings is 1. The fraction of sp³-hybridized carbons (Fsp3) is 0.417. The van der Waals surface area contributed by atoms with E-state index >= 15 is 0 Å². The molecule has 2 aromatic heterocycles. The number of rotatable bonds is 7. The molecule has 1 aliphatic heterocycles. The lowest BCUT2D eigenvalue weighted by molar-refractivity contribution is 0.0633. The maximum absolute atomic E-state index is 13.0. The number of hydrogen-bond donors (Lipinski definition) is 0. The maximum atomic E-state index is 13.0. The van der Waals surface area contributed by atoms with E-state index in [-0.39, 0.29) is 5.91 Å². The Morgan fingerprint density at radius 2 is 1.97 bits per heavy atom. The molecule has 0 radical (unpaired) electrons. The third kappa shape index (κ3) is 5.34. The quantitative estimate of drug-likeness (QED) is 0.497. The summed E-state index contributed by atoms with van der Waals surface area (Å²) in [6.45, 7) is 11.6. The fourth-order valence-corrected chi connectivity index (χ4v) is 4.97. The number of piperazine rings is 1. The molecule has 3 heterocycles. The monoisotopic (exact) mass is 472 g/mol. The van der Waals surface area contributed by atoms with Crippen LogP contribution in [0.4, 0.5) is 0 Å². The Bertz CT molecular complexity index is 1090. The third-order valence-electron chi connectivity index (χ3n) is 5.82. The molecule has 1 fully saturated rings. The van der Waals surface area contributed by atoms with Crippen molar-refractivity contribution >= 4 is 28.8 Å². The summed E-state index contributed by atoms with van der Waals surface area (Å²) in [7, 11) is 0. The first-order chi connectivity index (χ1) is 15.4. The van der Waals surface area contributed by atoms with Gasteiger partial charge in [-0.2, -0.15) is 5.10 Å². The molecule has 6 nitrogen and oxygen atoms in total.